The zero-order valence-corrected chi connectivity index (χ0v) is 25.0. The van der Waals surface area contributed by atoms with Gasteiger partial charge in [-0.3, -0.25) is 14.4 Å². The van der Waals surface area contributed by atoms with Crippen molar-refractivity contribution >= 4 is 47.2 Å². The van der Waals surface area contributed by atoms with Crippen LogP contribution in [0.25, 0.3) is 0 Å². The van der Waals surface area contributed by atoms with Crippen LogP contribution in [0.5, 0.6) is 0 Å². The van der Waals surface area contributed by atoms with Crippen molar-refractivity contribution in [3.8, 4) is 0 Å². The average Bonchev–Trinajstić information content (AvgIpc) is 3.55. The molecule has 0 saturated carbocycles. The second-order valence-electron chi connectivity index (χ2n) is 9.39. The van der Waals surface area contributed by atoms with E-state index >= 15 is 0 Å². The van der Waals surface area contributed by atoms with Gasteiger partial charge in [-0.25, -0.2) is 4.79 Å². The molecule has 1 aromatic heterocycles. The normalized spacial score (nSPS) is 19.2. The average molecular weight is 609 g/mol. The number of carbonyl (C=O) groups excluding carboxylic acids is 4. The second kappa shape index (κ2) is 14.9. The molecule has 0 bridgehead atoms. The molecule has 0 aliphatic carbocycles. The molecule has 3 atom stereocenters. The van der Waals surface area contributed by atoms with Gasteiger partial charge < -0.3 is 24.4 Å². The standard InChI is InChI=1S/C27H22N2O5S2.C4H10O2/c30-15-19-16-36-26-22(28-21(31)14-20-12-7-13-35-20)25(32)29(26)23(19)27(33)34-24(17-8-3-1-4-9-17)18-10-5-2-6-11-18;1-4(5-2)6-3/h1-13,15-16,22-24,26H,14H2,(H,28,31);4H,1-3H3/t22?,23?,26-;/m1./s1. The summed E-state index contributed by atoms with van der Waals surface area (Å²) in [5.74, 6) is -1.39. The summed E-state index contributed by atoms with van der Waals surface area (Å²) in [6.45, 7) is 1.83. The highest BCUT2D eigenvalue weighted by atomic mass is 32.2. The fourth-order valence-corrected chi connectivity index (χ4v) is 6.29. The van der Waals surface area contributed by atoms with E-state index in [9.17, 15) is 19.2 Å². The first-order valence-electron chi connectivity index (χ1n) is 13.2. The zero-order valence-electron chi connectivity index (χ0n) is 23.4. The van der Waals surface area contributed by atoms with E-state index in [0.29, 0.717) is 6.29 Å². The lowest BCUT2D eigenvalue weighted by Gasteiger charge is -2.51. The maximum absolute atomic E-state index is 13.5. The summed E-state index contributed by atoms with van der Waals surface area (Å²) < 4.78 is 15.3. The molecular weight excluding hydrogens is 576 g/mol. The number of carbonyl (C=O) groups is 4. The van der Waals surface area contributed by atoms with E-state index in [4.69, 9.17) is 4.74 Å². The van der Waals surface area contributed by atoms with Crippen LogP contribution in [0.4, 0.5) is 0 Å². The maximum Gasteiger partial charge on any atom is 0.334 e. The van der Waals surface area contributed by atoms with Crippen molar-refractivity contribution in [3.05, 3.63) is 105 Å². The Balaban J connectivity index is 0.000000612. The van der Waals surface area contributed by atoms with E-state index in [1.54, 1.807) is 19.6 Å². The number of methoxy groups -OCH3 is 2. The molecule has 2 amide bonds. The van der Waals surface area contributed by atoms with E-state index in [1.807, 2.05) is 85.1 Å². The number of nitrogens with zero attached hydrogens (tertiary/aromatic N) is 1. The van der Waals surface area contributed by atoms with Crippen LogP contribution in [-0.4, -0.2) is 66.9 Å². The Morgan fingerprint density at radius 2 is 1.60 bits per heavy atom. The van der Waals surface area contributed by atoms with Gasteiger partial charge in [0.15, 0.2) is 18.4 Å². The summed E-state index contributed by atoms with van der Waals surface area (Å²) in [6, 6.07) is 20.3. The SMILES string of the molecule is COC(C)OC.O=CC1=CS[C@@H]2C(NC(=O)Cc3cccs3)C(=O)N2C1C(=O)OC(c1ccccc1)c1ccccc1. The number of fused-ring (bicyclic) bond motifs is 1. The van der Waals surface area contributed by atoms with E-state index in [1.165, 1.54) is 28.0 Å². The van der Waals surface area contributed by atoms with Gasteiger partial charge in [0.25, 0.3) is 0 Å². The number of β-lactam (4-membered cyclic amide) rings is 1. The molecule has 11 heteroatoms. The fourth-order valence-electron chi connectivity index (χ4n) is 4.41. The molecule has 220 valence electrons. The Labute approximate surface area is 252 Å². The predicted octanol–water partition coefficient (Wildman–Crippen LogP) is 4.10. The number of amides is 2. The van der Waals surface area contributed by atoms with Crippen LogP contribution in [0.2, 0.25) is 0 Å². The summed E-state index contributed by atoms with van der Waals surface area (Å²) in [6.07, 6.45) is -0.0238. The Morgan fingerprint density at radius 1 is 0.976 bits per heavy atom. The van der Waals surface area contributed by atoms with E-state index < -0.39 is 35.4 Å². The molecule has 1 fully saturated rings. The van der Waals surface area contributed by atoms with Gasteiger partial charge in [0.05, 0.1) is 6.42 Å². The molecule has 2 aliphatic heterocycles. The summed E-state index contributed by atoms with van der Waals surface area (Å²) in [7, 11) is 3.21. The molecule has 0 spiro atoms. The smallest absolute Gasteiger partial charge is 0.334 e. The molecule has 1 N–H and O–H groups in total. The molecule has 3 heterocycles. The monoisotopic (exact) mass is 608 g/mol. The van der Waals surface area contributed by atoms with E-state index in [2.05, 4.69) is 14.8 Å². The maximum atomic E-state index is 13.5. The van der Waals surface area contributed by atoms with Crippen LogP contribution in [-0.2, 0) is 39.8 Å². The molecule has 3 aromatic rings. The van der Waals surface area contributed by atoms with Gasteiger partial charge >= 0.3 is 5.97 Å². The van der Waals surface area contributed by atoms with Crippen molar-refractivity contribution in [2.24, 2.45) is 0 Å². The van der Waals surface area contributed by atoms with Gasteiger partial charge in [-0.1, -0.05) is 66.7 Å². The predicted molar refractivity (Wildman–Crippen MR) is 160 cm³/mol. The summed E-state index contributed by atoms with van der Waals surface area (Å²) in [5, 5.41) is 5.73. The molecule has 0 radical (unpaired) electrons. The van der Waals surface area contributed by atoms with Crippen LogP contribution < -0.4 is 5.32 Å². The van der Waals surface area contributed by atoms with E-state index in [0.717, 1.165) is 16.0 Å². The Bertz CT molecular complexity index is 1340. The first-order valence-corrected chi connectivity index (χ1v) is 15.0. The summed E-state index contributed by atoms with van der Waals surface area (Å²) >= 11 is 2.70. The molecule has 2 unspecified atom stereocenters. The second-order valence-corrected chi connectivity index (χ2v) is 11.4. The number of esters is 1. The van der Waals surface area contributed by atoms with Crippen LogP contribution >= 0.6 is 23.1 Å². The minimum Gasteiger partial charge on any atom is -0.451 e. The van der Waals surface area contributed by atoms with Gasteiger partial charge in [-0.2, -0.15) is 0 Å². The molecule has 42 heavy (non-hydrogen) atoms. The van der Waals surface area contributed by atoms with Gasteiger partial charge in [-0.05, 0) is 34.9 Å². The van der Waals surface area contributed by atoms with Crippen LogP contribution in [0, 0.1) is 0 Å². The minimum atomic E-state index is -1.18. The van der Waals surface area contributed by atoms with Crippen LogP contribution in [0.1, 0.15) is 29.0 Å². The van der Waals surface area contributed by atoms with Crippen molar-refractivity contribution in [2.75, 3.05) is 14.2 Å². The van der Waals surface area contributed by atoms with E-state index in [-0.39, 0.29) is 24.2 Å². The van der Waals surface area contributed by atoms with Crippen molar-refractivity contribution in [2.45, 2.75) is 43.2 Å². The number of hydrogen-bond acceptors (Lipinski definition) is 9. The molecular formula is C31H32N2O7S2. The summed E-state index contributed by atoms with van der Waals surface area (Å²) in [5.41, 5.74) is 1.69. The molecule has 2 aliphatic rings. The molecule has 9 nitrogen and oxygen atoms in total. The topological polar surface area (TPSA) is 111 Å². The lowest BCUT2D eigenvalue weighted by Crippen LogP contribution is -2.74. The van der Waals surface area contributed by atoms with Gasteiger partial charge in [0, 0.05) is 24.7 Å². The van der Waals surface area contributed by atoms with Crippen LogP contribution in [0.15, 0.2) is 89.2 Å². The highest BCUT2D eigenvalue weighted by molar-refractivity contribution is 8.03. The number of rotatable bonds is 10. The number of benzene rings is 2. The third-order valence-corrected chi connectivity index (χ3v) is 8.77. The van der Waals surface area contributed by atoms with Crippen molar-refractivity contribution in [1.29, 1.82) is 0 Å². The summed E-state index contributed by atoms with van der Waals surface area (Å²) in [4.78, 5) is 53.1. The minimum absolute atomic E-state index is 0.0648. The number of hydrogen-bond donors (Lipinski definition) is 1. The third kappa shape index (κ3) is 7.35. The Morgan fingerprint density at radius 3 is 2.10 bits per heavy atom. The third-order valence-electron chi connectivity index (χ3n) is 6.71. The highest BCUT2D eigenvalue weighted by Gasteiger charge is 2.56. The number of thioether (sulfide) groups is 1. The van der Waals surface area contributed by atoms with Gasteiger partial charge in [0.1, 0.15) is 17.7 Å². The Hall–Kier alpha value is -3.77. The first-order chi connectivity index (χ1) is 20.4. The molecule has 5 rings (SSSR count). The van der Waals surface area contributed by atoms with Crippen molar-refractivity contribution < 1.29 is 33.4 Å². The molecule has 1 saturated heterocycles. The number of thiophene rings is 1. The zero-order chi connectivity index (χ0) is 30.1. The lowest BCUT2D eigenvalue weighted by molar-refractivity contribution is -0.165. The van der Waals surface area contributed by atoms with Crippen molar-refractivity contribution in [1.82, 2.24) is 10.2 Å². The Kier molecular flexibility index (Phi) is 11.1. The van der Waals surface area contributed by atoms with Gasteiger partial charge in [-0.15, -0.1) is 23.1 Å². The number of ether oxygens (including phenoxy) is 3. The quantitative estimate of drug-likeness (QED) is 0.159. The van der Waals surface area contributed by atoms with Crippen LogP contribution in [0.3, 0.4) is 0 Å². The largest absolute Gasteiger partial charge is 0.451 e. The number of aldehydes is 1. The first kappa shape index (κ1) is 31.2. The van der Waals surface area contributed by atoms with Crippen molar-refractivity contribution in [3.63, 3.8) is 0 Å². The molecule has 2 aromatic carbocycles. The number of nitrogens with one attached hydrogen (secondary N) is 1. The lowest BCUT2D eigenvalue weighted by atomic mass is 9.97. The highest BCUT2D eigenvalue weighted by Crippen LogP contribution is 2.40. The fraction of sp³-hybridized carbons (Fsp3) is 0.290. The van der Waals surface area contributed by atoms with Gasteiger partial charge in [0.2, 0.25) is 11.8 Å².